The molecule has 1 saturated heterocycles. The van der Waals surface area contributed by atoms with Crippen LogP contribution in [-0.4, -0.2) is 59.3 Å². The molecular weight excluding hydrogens is 278 g/mol. The molecule has 21 heavy (non-hydrogen) atoms. The van der Waals surface area contributed by atoms with Crippen molar-refractivity contribution in [3.8, 4) is 12.3 Å². The number of anilines is 1. The predicted molar refractivity (Wildman–Crippen MR) is 70.5 cm³/mol. The number of nitrogen functional groups attached to an aromatic ring is 1. The first kappa shape index (κ1) is 13.7. The third-order valence-electron chi connectivity index (χ3n) is 3.42. The highest BCUT2D eigenvalue weighted by Gasteiger charge is 2.47. The van der Waals surface area contributed by atoms with Crippen molar-refractivity contribution in [3.05, 3.63) is 12.7 Å². The molecule has 9 heteroatoms. The van der Waals surface area contributed by atoms with Gasteiger partial charge in [0, 0.05) is 0 Å². The first-order chi connectivity index (χ1) is 10.0. The Hall–Kier alpha value is -2.25. The molecule has 0 radical (unpaired) electrons. The van der Waals surface area contributed by atoms with Gasteiger partial charge in [-0.3, -0.25) is 4.57 Å². The normalized spacial score (nSPS) is 30.4. The number of hydrogen-bond acceptors (Lipinski definition) is 8. The average Bonchev–Trinajstić information content (AvgIpc) is 3.02. The SMILES string of the molecule is C#CC(O)C1O[C@@H](n2cnc3c(N)ncnc32)[C@H](O)[C@H]1O. The number of nitrogens with zero attached hydrogens (tertiary/aromatic N) is 4. The van der Waals surface area contributed by atoms with Gasteiger partial charge in [-0.25, -0.2) is 15.0 Å². The Morgan fingerprint density at radius 3 is 2.81 bits per heavy atom. The van der Waals surface area contributed by atoms with Crippen molar-refractivity contribution >= 4 is 17.0 Å². The summed E-state index contributed by atoms with van der Waals surface area (Å²) in [7, 11) is 0. The lowest BCUT2D eigenvalue weighted by Crippen LogP contribution is -2.37. The maximum atomic E-state index is 10.1. The zero-order chi connectivity index (χ0) is 15.1. The summed E-state index contributed by atoms with van der Waals surface area (Å²) in [6.45, 7) is 0. The number of fused-ring (bicyclic) bond motifs is 1. The van der Waals surface area contributed by atoms with Crippen LogP contribution in [0.3, 0.4) is 0 Å². The molecular formula is C12H13N5O4. The zero-order valence-electron chi connectivity index (χ0n) is 10.7. The van der Waals surface area contributed by atoms with Gasteiger partial charge in [0.05, 0.1) is 6.33 Å². The summed E-state index contributed by atoms with van der Waals surface area (Å²) in [5.74, 6) is 2.25. The molecule has 0 amide bonds. The van der Waals surface area contributed by atoms with E-state index in [4.69, 9.17) is 16.9 Å². The lowest BCUT2D eigenvalue weighted by Gasteiger charge is -2.16. The highest BCUT2D eigenvalue weighted by atomic mass is 16.6. The number of aromatic nitrogens is 4. The second-order valence-electron chi connectivity index (χ2n) is 4.67. The van der Waals surface area contributed by atoms with Crippen LogP contribution in [-0.2, 0) is 4.74 Å². The standard InChI is InChI=1S/C12H13N5O4/c1-2-5(18)9-7(19)8(20)12(21-9)17-4-16-6-10(13)14-3-15-11(6)17/h1,3-5,7-9,12,18-20H,(H2,13,14,15)/t5?,7-,8-,9?,12-/m1/s1. The van der Waals surface area contributed by atoms with Crippen molar-refractivity contribution in [1.29, 1.82) is 0 Å². The number of aliphatic hydroxyl groups is 3. The van der Waals surface area contributed by atoms with Crippen LogP contribution in [0.5, 0.6) is 0 Å². The first-order valence-electron chi connectivity index (χ1n) is 6.13. The maximum Gasteiger partial charge on any atom is 0.167 e. The smallest absolute Gasteiger partial charge is 0.167 e. The molecule has 0 bridgehead atoms. The minimum atomic E-state index is -1.34. The van der Waals surface area contributed by atoms with Gasteiger partial charge in [0.25, 0.3) is 0 Å². The fraction of sp³-hybridized carbons (Fsp3) is 0.417. The topological polar surface area (TPSA) is 140 Å². The highest BCUT2D eigenvalue weighted by molar-refractivity contribution is 5.81. The molecule has 0 saturated carbocycles. The van der Waals surface area contributed by atoms with Crippen LogP contribution in [0.2, 0.25) is 0 Å². The van der Waals surface area contributed by atoms with Crippen LogP contribution < -0.4 is 5.73 Å². The summed E-state index contributed by atoms with van der Waals surface area (Å²) < 4.78 is 6.87. The Labute approximate surface area is 119 Å². The van der Waals surface area contributed by atoms with E-state index in [1.807, 2.05) is 0 Å². The van der Waals surface area contributed by atoms with E-state index in [0.717, 1.165) is 0 Å². The lowest BCUT2D eigenvalue weighted by molar-refractivity contribution is -0.0673. The van der Waals surface area contributed by atoms with Gasteiger partial charge in [0.1, 0.15) is 36.3 Å². The molecule has 1 fully saturated rings. The number of imidazole rings is 1. The minimum Gasteiger partial charge on any atom is -0.387 e. The van der Waals surface area contributed by atoms with Crippen LogP contribution in [0.25, 0.3) is 11.2 Å². The van der Waals surface area contributed by atoms with Gasteiger partial charge in [-0.15, -0.1) is 6.42 Å². The first-order valence-corrected chi connectivity index (χ1v) is 6.13. The molecule has 9 nitrogen and oxygen atoms in total. The molecule has 110 valence electrons. The number of terminal acetylenes is 1. The second kappa shape index (κ2) is 4.94. The Balaban J connectivity index is 2.00. The molecule has 1 aliphatic rings. The molecule has 3 heterocycles. The molecule has 2 unspecified atom stereocenters. The van der Waals surface area contributed by atoms with Gasteiger partial charge >= 0.3 is 0 Å². The lowest BCUT2D eigenvalue weighted by atomic mass is 10.1. The number of nitrogens with two attached hydrogens (primary N) is 1. The molecule has 3 rings (SSSR count). The Bertz CT molecular complexity index is 711. The molecule has 2 aromatic heterocycles. The van der Waals surface area contributed by atoms with Gasteiger partial charge < -0.3 is 25.8 Å². The summed E-state index contributed by atoms with van der Waals surface area (Å²) in [5, 5.41) is 29.6. The monoisotopic (exact) mass is 291 g/mol. The van der Waals surface area contributed by atoms with Crippen LogP contribution in [0.4, 0.5) is 5.82 Å². The van der Waals surface area contributed by atoms with E-state index in [9.17, 15) is 15.3 Å². The van der Waals surface area contributed by atoms with Crippen LogP contribution in [0.1, 0.15) is 6.23 Å². The molecule has 1 aliphatic heterocycles. The number of hydrogen-bond donors (Lipinski definition) is 4. The van der Waals surface area contributed by atoms with Crippen molar-refractivity contribution in [2.24, 2.45) is 0 Å². The molecule has 0 spiro atoms. The minimum absolute atomic E-state index is 0.187. The maximum absolute atomic E-state index is 10.1. The number of aliphatic hydroxyl groups excluding tert-OH is 3. The van der Waals surface area contributed by atoms with E-state index < -0.39 is 30.6 Å². The van der Waals surface area contributed by atoms with Gasteiger partial charge in [-0.2, -0.15) is 0 Å². The predicted octanol–water partition coefficient (Wildman–Crippen LogP) is -1.98. The van der Waals surface area contributed by atoms with Crippen molar-refractivity contribution in [3.63, 3.8) is 0 Å². The molecule has 0 aromatic carbocycles. The summed E-state index contributed by atoms with van der Waals surface area (Å²) in [6.07, 6.45) is 1.65. The molecule has 5 atom stereocenters. The molecule has 5 N–H and O–H groups in total. The van der Waals surface area contributed by atoms with E-state index >= 15 is 0 Å². The van der Waals surface area contributed by atoms with E-state index in [1.54, 1.807) is 0 Å². The Morgan fingerprint density at radius 2 is 2.10 bits per heavy atom. The molecule has 2 aromatic rings. The van der Waals surface area contributed by atoms with E-state index in [-0.39, 0.29) is 5.82 Å². The van der Waals surface area contributed by atoms with Crippen molar-refractivity contribution in [1.82, 2.24) is 19.5 Å². The Kier molecular flexibility index (Phi) is 3.23. The third kappa shape index (κ3) is 2.01. The summed E-state index contributed by atoms with van der Waals surface area (Å²) >= 11 is 0. The van der Waals surface area contributed by atoms with E-state index in [1.165, 1.54) is 17.2 Å². The van der Waals surface area contributed by atoms with Gasteiger partial charge in [-0.05, 0) is 0 Å². The van der Waals surface area contributed by atoms with Gasteiger partial charge in [0.2, 0.25) is 0 Å². The fourth-order valence-electron chi connectivity index (χ4n) is 2.33. The molecule has 0 aliphatic carbocycles. The second-order valence-corrected chi connectivity index (χ2v) is 4.67. The van der Waals surface area contributed by atoms with Crippen molar-refractivity contribution < 1.29 is 20.1 Å². The fourth-order valence-corrected chi connectivity index (χ4v) is 2.33. The van der Waals surface area contributed by atoms with Crippen molar-refractivity contribution in [2.45, 2.75) is 30.6 Å². The highest BCUT2D eigenvalue weighted by Crippen LogP contribution is 2.33. The van der Waals surface area contributed by atoms with Crippen molar-refractivity contribution in [2.75, 3.05) is 5.73 Å². The van der Waals surface area contributed by atoms with E-state index in [2.05, 4.69) is 20.9 Å². The van der Waals surface area contributed by atoms with Crippen LogP contribution in [0, 0.1) is 12.3 Å². The number of ether oxygens (including phenoxy) is 1. The summed E-state index contributed by atoms with van der Waals surface area (Å²) in [5.41, 5.74) is 6.37. The van der Waals surface area contributed by atoms with Crippen LogP contribution >= 0.6 is 0 Å². The summed E-state index contributed by atoms with van der Waals surface area (Å²) in [4.78, 5) is 11.9. The quantitative estimate of drug-likeness (QED) is 0.467. The number of rotatable bonds is 2. The summed E-state index contributed by atoms with van der Waals surface area (Å²) in [6, 6.07) is 0. The zero-order valence-corrected chi connectivity index (χ0v) is 10.7. The van der Waals surface area contributed by atoms with Gasteiger partial charge in [0.15, 0.2) is 17.7 Å². The Morgan fingerprint density at radius 1 is 1.33 bits per heavy atom. The van der Waals surface area contributed by atoms with Crippen LogP contribution in [0.15, 0.2) is 12.7 Å². The third-order valence-corrected chi connectivity index (χ3v) is 3.42. The largest absolute Gasteiger partial charge is 0.387 e. The average molecular weight is 291 g/mol. The van der Waals surface area contributed by atoms with E-state index in [0.29, 0.717) is 11.2 Å². The van der Waals surface area contributed by atoms with Gasteiger partial charge in [-0.1, -0.05) is 5.92 Å².